The number of halogens is 3. The van der Waals surface area contributed by atoms with Crippen LogP contribution in [0.5, 0.6) is 0 Å². The quantitative estimate of drug-likeness (QED) is 0.929. The Morgan fingerprint density at radius 1 is 1.45 bits per heavy atom. The number of hydrogen-bond donors (Lipinski definition) is 1. The van der Waals surface area contributed by atoms with Crippen LogP contribution in [0.25, 0.3) is 0 Å². The van der Waals surface area contributed by atoms with Crippen molar-refractivity contribution in [2.75, 3.05) is 20.3 Å². The van der Waals surface area contributed by atoms with Gasteiger partial charge in [0.15, 0.2) is 5.69 Å². The van der Waals surface area contributed by atoms with Gasteiger partial charge in [-0.15, -0.1) is 11.3 Å². The first kappa shape index (κ1) is 15.2. The second-order valence-electron chi connectivity index (χ2n) is 4.31. The Kier molecular flexibility index (Phi) is 4.03. The summed E-state index contributed by atoms with van der Waals surface area (Å²) in [4.78, 5) is 13.7. The average molecular weight is 311 g/mol. The lowest BCUT2D eigenvalue weighted by Crippen LogP contribution is -2.35. The van der Waals surface area contributed by atoms with Gasteiger partial charge in [-0.25, -0.2) is 9.78 Å². The summed E-state index contributed by atoms with van der Waals surface area (Å²) in [5.41, 5.74) is -2.37. The Hall–Kier alpha value is -1.19. The van der Waals surface area contributed by atoms with Gasteiger partial charge in [0.1, 0.15) is 15.5 Å². The molecule has 9 heteroatoms. The third-order valence-corrected chi connectivity index (χ3v) is 4.40. The molecule has 1 saturated heterocycles. The number of thiazole rings is 1. The van der Waals surface area contributed by atoms with Crippen molar-refractivity contribution in [3.63, 3.8) is 0 Å². The lowest BCUT2D eigenvalue weighted by atomic mass is 9.95. The molecule has 0 aliphatic carbocycles. The van der Waals surface area contributed by atoms with E-state index in [4.69, 9.17) is 14.6 Å². The zero-order valence-corrected chi connectivity index (χ0v) is 11.3. The summed E-state index contributed by atoms with van der Waals surface area (Å²) in [6, 6.07) is 0. The van der Waals surface area contributed by atoms with Crippen LogP contribution in [0.4, 0.5) is 13.2 Å². The Balaban J connectivity index is 2.49. The number of alkyl halides is 3. The summed E-state index contributed by atoms with van der Waals surface area (Å²) in [5, 5.41) is 8.94. The van der Waals surface area contributed by atoms with Crippen LogP contribution in [0, 0.1) is 0 Å². The molecule has 20 heavy (non-hydrogen) atoms. The first-order valence-corrected chi connectivity index (χ1v) is 6.56. The molecule has 112 valence electrons. The molecule has 5 nitrogen and oxygen atoms in total. The highest BCUT2D eigenvalue weighted by Gasteiger charge is 2.44. The van der Waals surface area contributed by atoms with Crippen molar-refractivity contribution in [2.45, 2.75) is 24.6 Å². The molecule has 0 radical (unpaired) electrons. The lowest BCUT2D eigenvalue weighted by Gasteiger charge is -2.33. The highest BCUT2D eigenvalue weighted by Crippen LogP contribution is 2.42. The summed E-state index contributed by atoms with van der Waals surface area (Å²) < 4.78 is 49.0. The summed E-state index contributed by atoms with van der Waals surface area (Å²) in [6.45, 7) is 0.661. The van der Waals surface area contributed by atoms with Crippen molar-refractivity contribution >= 4 is 17.3 Å². The normalized spacial score (nSPS) is 19.0. The average Bonchev–Trinajstić information content (AvgIpc) is 2.85. The molecule has 1 aliphatic rings. The van der Waals surface area contributed by atoms with E-state index < -0.39 is 28.3 Å². The second kappa shape index (κ2) is 5.30. The summed E-state index contributed by atoms with van der Waals surface area (Å²) >= 11 is 0.513. The number of nitrogens with zero attached hydrogens (tertiary/aromatic N) is 1. The van der Waals surface area contributed by atoms with Gasteiger partial charge in [0.2, 0.25) is 0 Å². The third kappa shape index (κ3) is 2.65. The van der Waals surface area contributed by atoms with Gasteiger partial charge < -0.3 is 14.6 Å². The predicted octanol–water partition coefficient (Wildman–Crippen LogP) is 2.51. The van der Waals surface area contributed by atoms with Gasteiger partial charge >= 0.3 is 12.1 Å². The van der Waals surface area contributed by atoms with Crippen LogP contribution >= 0.6 is 11.3 Å². The molecule has 1 N–H and O–H groups in total. The summed E-state index contributed by atoms with van der Waals surface area (Å²) in [6.07, 6.45) is -4.12. The fourth-order valence-corrected chi connectivity index (χ4v) is 3.21. The van der Waals surface area contributed by atoms with Gasteiger partial charge in [0.05, 0.1) is 0 Å². The van der Waals surface area contributed by atoms with E-state index in [0.717, 1.165) is 0 Å². The molecule has 1 aromatic rings. The molecule has 1 fully saturated rings. The molecule has 0 atom stereocenters. The van der Waals surface area contributed by atoms with Crippen LogP contribution in [0.3, 0.4) is 0 Å². The predicted molar refractivity (Wildman–Crippen MR) is 62.8 cm³/mol. The molecule has 1 aliphatic heterocycles. The maximum Gasteiger partial charge on any atom is 0.435 e. The first-order chi connectivity index (χ1) is 9.30. The lowest BCUT2D eigenvalue weighted by molar-refractivity contribution is -0.142. The maximum absolute atomic E-state index is 12.8. The Morgan fingerprint density at radius 2 is 2.05 bits per heavy atom. The molecule has 1 aromatic heterocycles. The van der Waals surface area contributed by atoms with Crippen molar-refractivity contribution in [3.8, 4) is 0 Å². The number of rotatable bonds is 3. The van der Waals surface area contributed by atoms with Crippen LogP contribution in [-0.2, 0) is 21.3 Å². The molecule has 0 saturated carbocycles. The second-order valence-corrected chi connectivity index (χ2v) is 5.31. The van der Waals surface area contributed by atoms with Crippen LogP contribution in [-0.4, -0.2) is 36.4 Å². The molecule has 0 spiro atoms. The minimum atomic E-state index is -4.80. The van der Waals surface area contributed by atoms with Crippen LogP contribution in [0.2, 0.25) is 0 Å². The number of aromatic nitrogens is 1. The van der Waals surface area contributed by atoms with Crippen molar-refractivity contribution in [1.29, 1.82) is 0 Å². The highest BCUT2D eigenvalue weighted by atomic mass is 32.1. The number of aromatic carboxylic acids is 1. The molecular weight excluding hydrogens is 299 g/mol. The van der Waals surface area contributed by atoms with E-state index in [1.165, 1.54) is 7.11 Å². The van der Waals surface area contributed by atoms with Gasteiger partial charge in [0.25, 0.3) is 0 Å². The van der Waals surface area contributed by atoms with Gasteiger partial charge in [-0.1, -0.05) is 0 Å². The molecule has 0 amide bonds. The minimum absolute atomic E-state index is 0.0352. The highest BCUT2D eigenvalue weighted by molar-refractivity contribution is 7.13. The van der Waals surface area contributed by atoms with Crippen LogP contribution in [0.15, 0.2) is 0 Å². The van der Waals surface area contributed by atoms with Gasteiger partial charge in [0, 0.05) is 33.2 Å². The molecular formula is C11H12F3NO4S. The van der Waals surface area contributed by atoms with Crippen molar-refractivity contribution < 1.29 is 32.5 Å². The van der Waals surface area contributed by atoms with Crippen molar-refractivity contribution in [3.05, 3.63) is 15.6 Å². The molecule has 0 bridgehead atoms. The zero-order valence-electron chi connectivity index (χ0n) is 10.5. The van der Waals surface area contributed by atoms with Crippen molar-refractivity contribution in [1.82, 2.24) is 4.98 Å². The van der Waals surface area contributed by atoms with E-state index in [1.807, 2.05) is 0 Å². The van der Waals surface area contributed by atoms with E-state index in [-0.39, 0.29) is 5.01 Å². The number of ether oxygens (including phenoxy) is 2. The van der Waals surface area contributed by atoms with E-state index in [2.05, 4.69) is 4.98 Å². The molecule has 0 unspecified atom stereocenters. The number of carboxylic acids is 1. The Labute approximate surface area is 116 Å². The van der Waals surface area contributed by atoms with Gasteiger partial charge in [-0.2, -0.15) is 13.2 Å². The largest absolute Gasteiger partial charge is 0.477 e. The van der Waals surface area contributed by atoms with Crippen LogP contribution < -0.4 is 0 Å². The van der Waals surface area contributed by atoms with E-state index in [1.54, 1.807) is 0 Å². The molecule has 2 rings (SSSR count). The summed E-state index contributed by atoms with van der Waals surface area (Å²) in [7, 11) is 1.38. The smallest absolute Gasteiger partial charge is 0.435 e. The Morgan fingerprint density at radius 3 is 2.45 bits per heavy atom. The van der Waals surface area contributed by atoms with Gasteiger partial charge in [-0.05, 0) is 0 Å². The summed E-state index contributed by atoms with van der Waals surface area (Å²) in [5.74, 6) is -1.64. The topological polar surface area (TPSA) is 68.7 Å². The fourth-order valence-electron chi connectivity index (χ4n) is 2.06. The fraction of sp³-hybridized carbons (Fsp3) is 0.636. The van der Waals surface area contributed by atoms with Crippen LogP contribution in [0.1, 0.15) is 33.2 Å². The number of methoxy groups -OCH3 is 1. The maximum atomic E-state index is 12.8. The third-order valence-electron chi connectivity index (χ3n) is 3.17. The standard InChI is InChI=1S/C11H12F3NO4S/c1-18-10(2-4-19-5-3-10)9-15-7(11(12,13)14)6(20-9)8(16)17/h2-5H2,1H3,(H,16,17). The number of hydrogen-bond acceptors (Lipinski definition) is 5. The SMILES string of the molecule is COC1(c2nc(C(F)(F)F)c(C(=O)O)s2)CCOCC1. The van der Waals surface area contributed by atoms with E-state index in [9.17, 15) is 18.0 Å². The molecule has 0 aromatic carbocycles. The first-order valence-electron chi connectivity index (χ1n) is 5.75. The number of carboxylic acid groups (broad SMARTS) is 1. The monoisotopic (exact) mass is 311 g/mol. The number of carbonyl (C=O) groups is 1. The van der Waals surface area contributed by atoms with Crippen molar-refractivity contribution in [2.24, 2.45) is 0 Å². The van der Waals surface area contributed by atoms with E-state index in [0.29, 0.717) is 37.4 Å². The van der Waals surface area contributed by atoms with Gasteiger partial charge in [-0.3, -0.25) is 0 Å². The van der Waals surface area contributed by atoms with E-state index >= 15 is 0 Å². The minimum Gasteiger partial charge on any atom is -0.477 e. The zero-order chi connectivity index (χ0) is 15.0. The molecule has 2 heterocycles. The Bertz CT molecular complexity index is 508.